The maximum atomic E-state index is 14.4. The number of rotatable bonds is 26. The molecule has 4 fully saturated rings. The van der Waals surface area contributed by atoms with Gasteiger partial charge in [0.05, 0.1) is 37.2 Å². The summed E-state index contributed by atoms with van der Waals surface area (Å²) in [5, 5.41) is 22.1. The number of unbranched alkanes of at least 4 members (excludes halogenated alkanes) is 1. The van der Waals surface area contributed by atoms with Crippen LogP contribution in [0.1, 0.15) is 110 Å². The fourth-order valence-electron chi connectivity index (χ4n) is 11.1. The van der Waals surface area contributed by atoms with E-state index < -0.39 is 17.4 Å². The van der Waals surface area contributed by atoms with E-state index in [1.807, 2.05) is 37.4 Å². The lowest BCUT2D eigenvalue weighted by molar-refractivity contribution is -0.163. The van der Waals surface area contributed by atoms with Gasteiger partial charge in [-0.25, -0.2) is 9.48 Å². The summed E-state index contributed by atoms with van der Waals surface area (Å²) in [7, 11) is 9.15. The summed E-state index contributed by atoms with van der Waals surface area (Å²) < 4.78 is 13.4. The largest absolute Gasteiger partial charge is 0.496 e. The summed E-state index contributed by atoms with van der Waals surface area (Å²) >= 11 is 0. The SMILES string of the molecule is COc1cccc(OC)c1-c1cc(C(=O)NC2(C(=O)O)C3CC4CC(C3)CC2C4)nn1-c1ccc(C(=O)N(C)CCCN(C)CCCN(C)CCNC(CCCCN)C(N)=O)cc1C(C)C. The van der Waals surface area contributed by atoms with Gasteiger partial charge in [0.15, 0.2) is 5.69 Å². The third-order valence-electron chi connectivity index (χ3n) is 14.5. The minimum Gasteiger partial charge on any atom is -0.496 e. The second kappa shape index (κ2) is 22.6. The van der Waals surface area contributed by atoms with Gasteiger partial charge in [0.1, 0.15) is 17.0 Å². The van der Waals surface area contributed by atoms with Crippen molar-refractivity contribution in [3.05, 3.63) is 59.3 Å². The summed E-state index contributed by atoms with van der Waals surface area (Å²) in [6.45, 7) is 9.46. The van der Waals surface area contributed by atoms with Crippen molar-refractivity contribution < 1.29 is 33.8 Å². The third kappa shape index (κ3) is 11.4. The van der Waals surface area contributed by atoms with Crippen LogP contribution in [-0.4, -0.2) is 146 Å². The monoisotopic (exact) mass is 914 g/mol. The van der Waals surface area contributed by atoms with E-state index in [1.165, 1.54) is 0 Å². The van der Waals surface area contributed by atoms with Crippen molar-refractivity contribution >= 4 is 23.7 Å². The Morgan fingerprint density at radius 1 is 0.848 bits per heavy atom. The Hall–Kier alpha value is -5.03. The van der Waals surface area contributed by atoms with Crippen LogP contribution in [0.4, 0.5) is 0 Å². The first-order valence-electron chi connectivity index (χ1n) is 24.0. The highest BCUT2D eigenvalue weighted by molar-refractivity contribution is 5.98. The molecule has 0 saturated heterocycles. The van der Waals surface area contributed by atoms with Crippen molar-refractivity contribution in [1.82, 2.24) is 35.1 Å². The zero-order valence-corrected chi connectivity index (χ0v) is 40.3. The van der Waals surface area contributed by atoms with Gasteiger partial charge in [0.2, 0.25) is 5.91 Å². The highest BCUT2D eigenvalue weighted by Gasteiger charge is 2.62. The summed E-state index contributed by atoms with van der Waals surface area (Å²) in [6.07, 6.45) is 8.64. The summed E-state index contributed by atoms with van der Waals surface area (Å²) in [6, 6.07) is 12.4. The Morgan fingerprint density at radius 2 is 1.45 bits per heavy atom. The minimum absolute atomic E-state index is 0.0437. The Labute approximate surface area is 391 Å². The van der Waals surface area contributed by atoms with Gasteiger partial charge in [0.25, 0.3) is 11.8 Å². The summed E-state index contributed by atoms with van der Waals surface area (Å²) in [5.74, 6) is -0.157. The molecule has 0 radical (unpaired) electrons. The van der Waals surface area contributed by atoms with Crippen LogP contribution in [0, 0.1) is 23.7 Å². The van der Waals surface area contributed by atoms with Gasteiger partial charge in [0, 0.05) is 32.2 Å². The fourth-order valence-corrected chi connectivity index (χ4v) is 11.1. The molecule has 3 amide bonds. The van der Waals surface area contributed by atoms with Gasteiger partial charge in [-0.1, -0.05) is 26.3 Å². The number of carboxylic acid groups (broad SMARTS) is 1. The van der Waals surface area contributed by atoms with Crippen LogP contribution in [0.5, 0.6) is 11.5 Å². The normalized spacial score (nSPS) is 21.4. The number of aromatic nitrogens is 2. The predicted molar refractivity (Wildman–Crippen MR) is 256 cm³/mol. The quantitative estimate of drug-likeness (QED) is 0.0676. The second-order valence-electron chi connectivity index (χ2n) is 19.5. The standard InChI is InChI=1S/C50H75N9O7/c1-32(2)38-30-35(48(62)58(5)23-12-22-56(3)20-11-21-57(4)24-19-53-39(46(52)60)13-8-9-18-51)16-17-41(38)59-42(45-43(65-6)14-10-15-44(45)66-7)31-40(55-59)47(61)54-50(49(63)64)36-26-33-25-34(28-36)29-37(50)27-33/h10,14-17,30-34,36-37,39,53H,8-9,11-13,18-29,51H2,1-7H3,(H2,52,60)(H,54,61)(H,63,64). The minimum atomic E-state index is -1.34. The molecule has 3 aromatic rings. The van der Waals surface area contributed by atoms with Crippen LogP contribution in [0.15, 0.2) is 42.5 Å². The van der Waals surface area contributed by atoms with E-state index in [9.17, 15) is 24.3 Å². The number of benzene rings is 2. The number of carbonyl (C=O) groups excluding carboxylic acids is 3. The number of carboxylic acids is 1. The summed E-state index contributed by atoms with van der Waals surface area (Å²) in [5.41, 5.74) is 13.1. The molecule has 16 nitrogen and oxygen atoms in total. The molecule has 1 unspecified atom stereocenters. The maximum absolute atomic E-state index is 14.4. The summed E-state index contributed by atoms with van der Waals surface area (Å²) in [4.78, 5) is 59.7. The van der Waals surface area contributed by atoms with Crippen LogP contribution in [-0.2, 0) is 9.59 Å². The Balaban J connectivity index is 1.13. The maximum Gasteiger partial charge on any atom is 0.330 e. The molecule has 7 rings (SSSR count). The second-order valence-corrected chi connectivity index (χ2v) is 19.5. The molecule has 4 bridgehead atoms. The number of nitrogens with zero attached hydrogens (tertiary/aromatic N) is 5. The molecule has 0 spiro atoms. The molecule has 1 aromatic heterocycles. The van der Waals surface area contributed by atoms with Crippen LogP contribution in [0.3, 0.4) is 0 Å². The van der Waals surface area contributed by atoms with Gasteiger partial charge >= 0.3 is 5.97 Å². The fraction of sp³-hybridized carbons (Fsp3) is 0.620. The number of hydrogen-bond donors (Lipinski definition) is 5. The number of hydrogen-bond acceptors (Lipinski definition) is 11. The van der Waals surface area contributed by atoms with Crippen molar-refractivity contribution in [3.63, 3.8) is 0 Å². The number of likely N-dealkylation sites (N-methyl/N-ethyl adjacent to an activating group) is 1. The van der Waals surface area contributed by atoms with Crippen LogP contribution in [0.2, 0.25) is 0 Å². The van der Waals surface area contributed by atoms with Gasteiger partial charge in [-0.15, -0.1) is 0 Å². The lowest BCUT2D eigenvalue weighted by atomic mass is 9.48. The van der Waals surface area contributed by atoms with E-state index in [4.69, 9.17) is 26.0 Å². The van der Waals surface area contributed by atoms with Crippen molar-refractivity contribution in [1.29, 1.82) is 0 Å². The number of nitrogens with two attached hydrogens (primary N) is 2. The molecule has 1 atom stereocenters. The average Bonchev–Trinajstić information content (AvgIpc) is 3.73. The van der Waals surface area contributed by atoms with E-state index in [0.29, 0.717) is 71.9 Å². The zero-order valence-electron chi connectivity index (χ0n) is 40.3. The van der Waals surface area contributed by atoms with Gasteiger partial charge in [-0.3, -0.25) is 14.4 Å². The van der Waals surface area contributed by atoms with E-state index in [0.717, 1.165) is 89.5 Å². The first kappa shape index (κ1) is 50.4. The Bertz CT molecular complexity index is 2110. The highest BCUT2D eigenvalue weighted by atomic mass is 16.5. The molecule has 0 aliphatic heterocycles. The molecule has 4 aliphatic carbocycles. The number of nitrogens with one attached hydrogen (secondary N) is 2. The molecule has 66 heavy (non-hydrogen) atoms. The average molecular weight is 914 g/mol. The van der Waals surface area contributed by atoms with Crippen molar-refractivity contribution in [3.8, 4) is 28.4 Å². The van der Waals surface area contributed by atoms with Crippen molar-refractivity contribution in [2.75, 3.05) is 81.2 Å². The first-order chi connectivity index (χ1) is 31.6. The molecule has 362 valence electrons. The molecule has 4 saturated carbocycles. The lowest BCUT2D eigenvalue weighted by Crippen LogP contribution is -2.70. The van der Waals surface area contributed by atoms with E-state index in [1.54, 1.807) is 35.9 Å². The first-order valence-corrected chi connectivity index (χ1v) is 24.0. The molecular formula is C50H75N9O7. The van der Waals surface area contributed by atoms with Gasteiger partial charge in [-0.05, 0) is 170 Å². The molecule has 4 aliphatic rings. The van der Waals surface area contributed by atoms with Crippen molar-refractivity contribution in [2.45, 2.75) is 95.6 Å². The molecule has 1 heterocycles. The van der Waals surface area contributed by atoms with E-state index in [2.05, 4.69) is 48.4 Å². The third-order valence-corrected chi connectivity index (χ3v) is 14.5. The number of ether oxygens (including phenoxy) is 2. The van der Waals surface area contributed by atoms with Crippen LogP contribution >= 0.6 is 0 Å². The number of carbonyl (C=O) groups is 4. The van der Waals surface area contributed by atoms with Gasteiger partial charge in [-0.2, -0.15) is 5.10 Å². The topological polar surface area (TPSA) is 211 Å². The zero-order chi connectivity index (χ0) is 47.7. The predicted octanol–water partition coefficient (Wildman–Crippen LogP) is 4.98. The molecular weight excluding hydrogens is 839 g/mol. The Morgan fingerprint density at radius 3 is 2.02 bits per heavy atom. The van der Waals surface area contributed by atoms with E-state index >= 15 is 0 Å². The number of primary amides is 1. The number of methoxy groups -OCH3 is 2. The highest BCUT2D eigenvalue weighted by Crippen LogP contribution is 2.58. The lowest BCUT2D eigenvalue weighted by Gasteiger charge is -2.59. The van der Waals surface area contributed by atoms with E-state index in [-0.39, 0.29) is 41.3 Å². The molecule has 2 aromatic carbocycles. The smallest absolute Gasteiger partial charge is 0.330 e. The van der Waals surface area contributed by atoms with Gasteiger partial charge < -0.3 is 51.4 Å². The van der Waals surface area contributed by atoms with Crippen LogP contribution in [0.25, 0.3) is 16.9 Å². The number of aliphatic carboxylic acids is 1. The molecule has 7 N–H and O–H groups in total. The number of amides is 3. The van der Waals surface area contributed by atoms with Crippen molar-refractivity contribution in [2.24, 2.45) is 35.1 Å². The molecule has 16 heteroatoms. The Kier molecular flexibility index (Phi) is 17.3. The van der Waals surface area contributed by atoms with Crippen LogP contribution < -0.4 is 31.6 Å².